The van der Waals surface area contributed by atoms with Crippen LogP contribution in [0.2, 0.25) is 0 Å². The Morgan fingerprint density at radius 3 is 2.54 bits per heavy atom. The Hall–Kier alpha value is -2.34. The second-order valence-electron chi connectivity index (χ2n) is 6.73. The van der Waals surface area contributed by atoms with Crippen molar-refractivity contribution in [1.82, 2.24) is 5.32 Å². The van der Waals surface area contributed by atoms with Gasteiger partial charge < -0.3 is 14.8 Å². The van der Waals surface area contributed by atoms with E-state index in [0.717, 1.165) is 28.2 Å². The second kappa shape index (κ2) is 10.9. The van der Waals surface area contributed by atoms with Crippen LogP contribution in [0.25, 0.3) is 0 Å². The highest BCUT2D eigenvalue weighted by atomic mass is 32.2. The molecule has 2 atom stereocenters. The van der Waals surface area contributed by atoms with E-state index in [1.54, 1.807) is 14.0 Å². The maximum absolute atomic E-state index is 12.4. The van der Waals surface area contributed by atoms with Gasteiger partial charge in [-0.2, -0.15) is 0 Å². The Labute approximate surface area is 169 Å². The average molecular weight is 404 g/mol. The van der Waals surface area contributed by atoms with E-state index in [-0.39, 0.29) is 5.91 Å². The number of hydrogen-bond acceptors (Lipinski definition) is 4. The fourth-order valence-corrected chi connectivity index (χ4v) is 3.58. The zero-order valence-corrected chi connectivity index (χ0v) is 17.8. The highest BCUT2D eigenvalue weighted by molar-refractivity contribution is 7.86. The largest absolute Gasteiger partial charge is 0.497 e. The molecule has 0 aliphatic heterocycles. The van der Waals surface area contributed by atoms with Gasteiger partial charge in [0, 0.05) is 17.3 Å². The van der Waals surface area contributed by atoms with E-state index >= 15 is 0 Å². The number of benzene rings is 2. The van der Waals surface area contributed by atoms with E-state index in [0.29, 0.717) is 25.3 Å². The van der Waals surface area contributed by atoms with Crippen LogP contribution in [-0.2, 0) is 22.0 Å². The van der Waals surface area contributed by atoms with Gasteiger partial charge in [0.2, 0.25) is 5.91 Å². The summed E-state index contributed by atoms with van der Waals surface area (Å²) in [4.78, 5) is 12.2. The van der Waals surface area contributed by atoms with Gasteiger partial charge in [-0.15, -0.1) is 0 Å². The number of aryl methyl sites for hydroxylation is 2. The van der Waals surface area contributed by atoms with Gasteiger partial charge in [0.15, 0.2) is 0 Å². The fourth-order valence-electron chi connectivity index (χ4n) is 2.66. The van der Waals surface area contributed by atoms with Crippen LogP contribution in [0.1, 0.15) is 23.6 Å². The Morgan fingerprint density at radius 1 is 1.14 bits per heavy atom. The summed E-state index contributed by atoms with van der Waals surface area (Å²) in [6, 6.07) is 13.7. The normalized spacial score (nSPS) is 12.9. The van der Waals surface area contributed by atoms with Crippen LogP contribution >= 0.6 is 0 Å². The summed E-state index contributed by atoms with van der Waals surface area (Å²) in [6.07, 6.45) is 0.713. The monoisotopic (exact) mass is 403 g/mol. The molecule has 0 unspecified atom stereocenters. The minimum absolute atomic E-state index is 0.196. The number of ether oxygens (including phenoxy) is 2. The number of carbonyl (C=O) groups excluding carboxylic acids is 1. The molecule has 1 amide bonds. The minimum Gasteiger partial charge on any atom is -0.497 e. The van der Waals surface area contributed by atoms with Crippen molar-refractivity contribution in [2.75, 3.05) is 26.0 Å². The number of carbonyl (C=O) groups is 1. The number of hydrogen-bond donors (Lipinski definition) is 1. The Bertz CT molecular complexity index is 805. The zero-order valence-electron chi connectivity index (χ0n) is 17.0. The molecular formula is C22H29NO4S. The summed E-state index contributed by atoms with van der Waals surface area (Å²) in [5, 5.41) is 2.29. The standard InChI is InChI=1S/C22H29NO4S/c1-16-5-6-17(2)21(15-16)27-13-14-28(25)18(3)22(24)23-12-11-19-7-9-20(26-4)10-8-19/h5-10,15,18H,11-14H2,1-4H3,(H,23,24)/t18-,28-/m1/s1. The van der Waals surface area contributed by atoms with Gasteiger partial charge in [0.05, 0.1) is 19.5 Å². The van der Waals surface area contributed by atoms with Crippen molar-refractivity contribution in [3.8, 4) is 11.5 Å². The van der Waals surface area contributed by atoms with Crippen molar-refractivity contribution >= 4 is 16.7 Å². The third-order valence-electron chi connectivity index (χ3n) is 4.52. The molecule has 152 valence electrons. The molecule has 0 aliphatic rings. The Kier molecular flexibility index (Phi) is 8.51. The molecule has 0 saturated heterocycles. The summed E-state index contributed by atoms with van der Waals surface area (Å²) in [7, 11) is 0.342. The molecule has 0 heterocycles. The van der Waals surface area contributed by atoms with Crippen molar-refractivity contribution in [1.29, 1.82) is 0 Å². The molecule has 0 aliphatic carbocycles. The lowest BCUT2D eigenvalue weighted by molar-refractivity contribution is -0.120. The highest BCUT2D eigenvalue weighted by Gasteiger charge is 2.19. The van der Waals surface area contributed by atoms with Crippen molar-refractivity contribution in [3.05, 3.63) is 59.2 Å². The van der Waals surface area contributed by atoms with E-state index in [4.69, 9.17) is 9.47 Å². The lowest BCUT2D eigenvalue weighted by Gasteiger charge is -2.14. The minimum atomic E-state index is -1.29. The van der Waals surface area contributed by atoms with Gasteiger partial charge in [-0.25, -0.2) is 0 Å². The van der Waals surface area contributed by atoms with Crippen LogP contribution in [0.5, 0.6) is 11.5 Å². The Morgan fingerprint density at radius 2 is 1.86 bits per heavy atom. The molecule has 0 fully saturated rings. The summed E-state index contributed by atoms with van der Waals surface area (Å²) in [6.45, 7) is 6.50. The predicted molar refractivity (Wildman–Crippen MR) is 114 cm³/mol. The average Bonchev–Trinajstić information content (AvgIpc) is 2.70. The predicted octanol–water partition coefficient (Wildman–Crippen LogP) is 3.19. The lowest BCUT2D eigenvalue weighted by Crippen LogP contribution is -2.37. The number of methoxy groups -OCH3 is 1. The van der Waals surface area contributed by atoms with E-state index in [2.05, 4.69) is 5.32 Å². The van der Waals surface area contributed by atoms with Crippen LogP contribution in [0.3, 0.4) is 0 Å². The molecule has 0 saturated carbocycles. The maximum atomic E-state index is 12.4. The van der Waals surface area contributed by atoms with E-state index in [1.807, 2.05) is 56.3 Å². The molecule has 2 aromatic carbocycles. The molecule has 0 bridgehead atoms. The number of amides is 1. The lowest BCUT2D eigenvalue weighted by atomic mass is 10.1. The van der Waals surface area contributed by atoms with Crippen LogP contribution in [0.15, 0.2) is 42.5 Å². The van der Waals surface area contributed by atoms with Gasteiger partial charge in [0.25, 0.3) is 0 Å². The van der Waals surface area contributed by atoms with Gasteiger partial charge in [0.1, 0.15) is 16.7 Å². The molecule has 0 radical (unpaired) electrons. The highest BCUT2D eigenvalue weighted by Crippen LogP contribution is 2.19. The third-order valence-corrected chi connectivity index (χ3v) is 6.09. The molecule has 2 rings (SSSR count). The molecule has 0 aromatic heterocycles. The molecule has 28 heavy (non-hydrogen) atoms. The summed E-state index contributed by atoms with van der Waals surface area (Å²) in [5.74, 6) is 1.73. The number of nitrogens with one attached hydrogen (secondary N) is 1. The topological polar surface area (TPSA) is 64.6 Å². The van der Waals surface area contributed by atoms with Gasteiger partial charge in [-0.05, 0) is 62.1 Å². The van der Waals surface area contributed by atoms with Gasteiger partial charge in [-0.1, -0.05) is 24.3 Å². The summed E-state index contributed by atoms with van der Waals surface area (Å²) in [5.41, 5.74) is 3.27. The quantitative estimate of drug-likeness (QED) is 0.662. The smallest absolute Gasteiger partial charge is 0.235 e. The number of rotatable bonds is 10. The first-order valence-corrected chi connectivity index (χ1v) is 10.8. The maximum Gasteiger partial charge on any atom is 0.235 e. The summed E-state index contributed by atoms with van der Waals surface area (Å²) >= 11 is 0. The molecular weight excluding hydrogens is 374 g/mol. The SMILES string of the molecule is COc1ccc(CCNC(=O)[C@@H](C)[S@](=O)CCOc2cc(C)ccc2C)cc1. The van der Waals surface area contributed by atoms with Crippen LogP contribution in [0, 0.1) is 13.8 Å². The molecule has 6 heteroatoms. The zero-order chi connectivity index (χ0) is 20.5. The third kappa shape index (κ3) is 6.68. The van der Waals surface area contributed by atoms with Crippen molar-refractivity contribution in [3.63, 3.8) is 0 Å². The van der Waals surface area contributed by atoms with Crippen molar-refractivity contribution in [2.45, 2.75) is 32.4 Å². The van der Waals surface area contributed by atoms with Crippen LogP contribution < -0.4 is 14.8 Å². The van der Waals surface area contributed by atoms with Crippen molar-refractivity contribution in [2.24, 2.45) is 0 Å². The second-order valence-corrected chi connectivity index (χ2v) is 8.61. The molecule has 1 N–H and O–H groups in total. The molecule has 2 aromatic rings. The first-order chi connectivity index (χ1) is 13.4. The first-order valence-electron chi connectivity index (χ1n) is 9.38. The van der Waals surface area contributed by atoms with Crippen molar-refractivity contribution < 1.29 is 18.5 Å². The van der Waals surface area contributed by atoms with Gasteiger partial charge >= 0.3 is 0 Å². The fraction of sp³-hybridized carbons (Fsp3) is 0.409. The van der Waals surface area contributed by atoms with Gasteiger partial charge in [-0.3, -0.25) is 9.00 Å². The first kappa shape index (κ1) is 22.0. The summed E-state index contributed by atoms with van der Waals surface area (Å²) < 4.78 is 23.3. The van der Waals surface area contributed by atoms with E-state index in [9.17, 15) is 9.00 Å². The van der Waals surface area contributed by atoms with E-state index < -0.39 is 16.0 Å². The molecule has 5 nitrogen and oxygen atoms in total. The Balaban J connectivity index is 1.72. The molecule has 0 spiro atoms. The van der Waals surface area contributed by atoms with E-state index in [1.165, 1.54) is 0 Å². The van der Waals surface area contributed by atoms with Crippen LogP contribution in [0.4, 0.5) is 0 Å². The van der Waals surface area contributed by atoms with Crippen LogP contribution in [-0.4, -0.2) is 41.4 Å².